The molecule has 0 radical (unpaired) electrons. The Kier molecular flexibility index (Phi) is 2.74. The highest BCUT2D eigenvalue weighted by Crippen LogP contribution is 2.24. The SMILES string of the molecule is C=C[C@H](C)CC(F)(F)F. The number of rotatable bonds is 2. The van der Waals surface area contributed by atoms with Gasteiger partial charge >= 0.3 is 6.18 Å². The van der Waals surface area contributed by atoms with E-state index < -0.39 is 18.5 Å². The molecule has 0 saturated heterocycles. The number of halogens is 3. The van der Waals surface area contributed by atoms with Crippen molar-refractivity contribution in [2.24, 2.45) is 5.92 Å². The summed E-state index contributed by atoms with van der Waals surface area (Å²) in [6.07, 6.45) is -3.52. The second-order valence-corrected chi connectivity index (χ2v) is 2.03. The summed E-state index contributed by atoms with van der Waals surface area (Å²) in [5, 5.41) is 0. The molecule has 0 saturated carbocycles. The molecule has 0 fully saturated rings. The molecule has 0 rings (SSSR count). The van der Waals surface area contributed by atoms with E-state index in [-0.39, 0.29) is 0 Å². The van der Waals surface area contributed by atoms with Crippen molar-refractivity contribution in [3.05, 3.63) is 12.7 Å². The topological polar surface area (TPSA) is 0 Å². The fourth-order valence-electron chi connectivity index (χ4n) is 0.448. The summed E-state index contributed by atoms with van der Waals surface area (Å²) in [5.74, 6) is -0.468. The minimum Gasteiger partial charge on any atom is -0.171 e. The molecule has 0 heterocycles. The molecule has 0 amide bonds. The summed E-state index contributed by atoms with van der Waals surface area (Å²) in [6.45, 7) is 4.73. The molecule has 9 heavy (non-hydrogen) atoms. The van der Waals surface area contributed by atoms with E-state index in [1.54, 1.807) is 0 Å². The quantitative estimate of drug-likeness (QED) is 0.514. The van der Waals surface area contributed by atoms with E-state index in [1.165, 1.54) is 13.0 Å². The normalized spacial score (nSPS) is 15.1. The molecule has 0 spiro atoms. The van der Waals surface area contributed by atoms with Crippen LogP contribution < -0.4 is 0 Å². The fraction of sp³-hybridized carbons (Fsp3) is 0.667. The Morgan fingerprint density at radius 1 is 1.56 bits per heavy atom. The predicted molar refractivity (Wildman–Crippen MR) is 30.0 cm³/mol. The molecular weight excluding hydrogens is 129 g/mol. The van der Waals surface area contributed by atoms with Crippen LogP contribution in [0.3, 0.4) is 0 Å². The third-order valence-electron chi connectivity index (χ3n) is 0.956. The van der Waals surface area contributed by atoms with Gasteiger partial charge in [-0.2, -0.15) is 13.2 Å². The van der Waals surface area contributed by atoms with Crippen molar-refractivity contribution in [1.29, 1.82) is 0 Å². The van der Waals surface area contributed by atoms with Crippen LogP contribution >= 0.6 is 0 Å². The average Bonchev–Trinajstić information content (AvgIpc) is 1.62. The summed E-state index contributed by atoms with van der Waals surface area (Å²) < 4.78 is 34.3. The fourth-order valence-corrected chi connectivity index (χ4v) is 0.448. The molecule has 1 atom stereocenters. The van der Waals surface area contributed by atoms with Crippen molar-refractivity contribution >= 4 is 0 Å². The number of allylic oxidation sites excluding steroid dienone is 1. The number of alkyl halides is 3. The Bertz CT molecular complexity index is 93.0. The maximum atomic E-state index is 11.4. The Balaban J connectivity index is 3.59. The highest BCUT2D eigenvalue weighted by molar-refractivity contribution is 4.76. The monoisotopic (exact) mass is 138 g/mol. The van der Waals surface area contributed by atoms with Gasteiger partial charge in [0.05, 0.1) is 0 Å². The first-order valence-corrected chi connectivity index (χ1v) is 2.65. The second-order valence-electron chi connectivity index (χ2n) is 2.03. The lowest BCUT2D eigenvalue weighted by Crippen LogP contribution is -2.11. The third kappa shape index (κ3) is 5.40. The van der Waals surface area contributed by atoms with Gasteiger partial charge in [0.25, 0.3) is 0 Å². The first-order valence-electron chi connectivity index (χ1n) is 2.65. The summed E-state index contributed by atoms with van der Waals surface area (Å²) in [4.78, 5) is 0. The van der Waals surface area contributed by atoms with Crippen LogP contribution in [0.1, 0.15) is 13.3 Å². The third-order valence-corrected chi connectivity index (χ3v) is 0.956. The Morgan fingerprint density at radius 2 is 2.00 bits per heavy atom. The van der Waals surface area contributed by atoms with Gasteiger partial charge in [-0.3, -0.25) is 0 Å². The van der Waals surface area contributed by atoms with Crippen LogP contribution in [0.4, 0.5) is 13.2 Å². The standard InChI is InChI=1S/C6H9F3/c1-3-5(2)4-6(7,8)9/h3,5H,1,4H2,2H3/t5-/m0/s1. The molecule has 0 aromatic rings. The van der Waals surface area contributed by atoms with E-state index in [0.717, 1.165) is 0 Å². The molecule has 0 bridgehead atoms. The van der Waals surface area contributed by atoms with E-state index in [1.807, 2.05) is 0 Å². The number of hydrogen-bond acceptors (Lipinski definition) is 0. The molecule has 0 aromatic heterocycles. The van der Waals surface area contributed by atoms with E-state index in [0.29, 0.717) is 0 Å². The lowest BCUT2D eigenvalue weighted by molar-refractivity contribution is -0.140. The van der Waals surface area contributed by atoms with Crippen LogP contribution in [0.15, 0.2) is 12.7 Å². The van der Waals surface area contributed by atoms with Crippen LogP contribution in [0.5, 0.6) is 0 Å². The minimum atomic E-state index is -4.05. The summed E-state index contributed by atoms with van der Waals surface area (Å²) >= 11 is 0. The zero-order valence-corrected chi connectivity index (χ0v) is 5.20. The van der Waals surface area contributed by atoms with Gasteiger partial charge in [0, 0.05) is 6.42 Å². The van der Waals surface area contributed by atoms with Gasteiger partial charge in [-0.1, -0.05) is 13.0 Å². The second kappa shape index (κ2) is 2.90. The van der Waals surface area contributed by atoms with Crippen molar-refractivity contribution in [2.75, 3.05) is 0 Å². The van der Waals surface area contributed by atoms with Crippen LogP contribution in [-0.4, -0.2) is 6.18 Å². The van der Waals surface area contributed by atoms with Crippen molar-refractivity contribution in [3.63, 3.8) is 0 Å². The largest absolute Gasteiger partial charge is 0.389 e. The van der Waals surface area contributed by atoms with Crippen molar-refractivity contribution in [3.8, 4) is 0 Å². The van der Waals surface area contributed by atoms with Gasteiger partial charge < -0.3 is 0 Å². The smallest absolute Gasteiger partial charge is 0.171 e. The molecule has 0 aliphatic carbocycles. The highest BCUT2D eigenvalue weighted by Gasteiger charge is 2.28. The maximum Gasteiger partial charge on any atom is 0.389 e. The van der Waals surface area contributed by atoms with Crippen LogP contribution in [-0.2, 0) is 0 Å². The van der Waals surface area contributed by atoms with E-state index >= 15 is 0 Å². The lowest BCUT2D eigenvalue weighted by Gasteiger charge is -2.08. The van der Waals surface area contributed by atoms with Gasteiger partial charge in [-0.25, -0.2) is 0 Å². The van der Waals surface area contributed by atoms with Crippen LogP contribution in [0.2, 0.25) is 0 Å². The highest BCUT2D eigenvalue weighted by atomic mass is 19.4. The maximum absolute atomic E-state index is 11.4. The molecular formula is C6H9F3. The number of hydrogen-bond donors (Lipinski definition) is 0. The van der Waals surface area contributed by atoms with E-state index in [4.69, 9.17) is 0 Å². The molecule has 0 N–H and O–H groups in total. The van der Waals surface area contributed by atoms with Gasteiger partial charge in [0.2, 0.25) is 0 Å². The van der Waals surface area contributed by atoms with Crippen LogP contribution in [0.25, 0.3) is 0 Å². The van der Waals surface area contributed by atoms with Gasteiger partial charge in [-0.15, -0.1) is 6.58 Å². The summed E-state index contributed by atoms with van der Waals surface area (Å²) in [6, 6.07) is 0. The molecule has 0 nitrogen and oxygen atoms in total. The van der Waals surface area contributed by atoms with Gasteiger partial charge in [0.15, 0.2) is 0 Å². The molecule has 0 aliphatic heterocycles. The molecule has 0 aliphatic rings. The molecule has 0 unspecified atom stereocenters. The van der Waals surface area contributed by atoms with Gasteiger partial charge in [-0.05, 0) is 5.92 Å². The first-order chi connectivity index (χ1) is 3.95. The van der Waals surface area contributed by atoms with Crippen LogP contribution in [0, 0.1) is 5.92 Å². The average molecular weight is 138 g/mol. The van der Waals surface area contributed by atoms with E-state index in [9.17, 15) is 13.2 Å². The molecule has 0 aromatic carbocycles. The van der Waals surface area contributed by atoms with Gasteiger partial charge in [0.1, 0.15) is 0 Å². The first kappa shape index (κ1) is 8.53. The zero-order chi connectivity index (χ0) is 7.49. The predicted octanol–water partition coefficient (Wildman–Crippen LogP) is 2.76. The lowest BCUT2D eigenvalue weighted by atomic mass is 10.1. The van der Waals surface area contributed by atoms with Crippen molar-refractivity contribution in [1.82, 2.24) is 0 Å². The minimum absolute atomic E-state index is 0.468. The van der Waals surface area contributed by atoms with Crippen molar-refractivity contribution in [2.45, 2.75) is 19.5 Å². The molecule has 3 heteroatoms. The van der Waals surface area contributed by atoms with E-state index in [2.05, 4.69) is 6.58 Å². The zero-order valence-electron chi connectivity index (χ0n) is 5.20. The Morgan fingerprint density at radius 3 is 2.11 bits per heavy atom. The molecule has 54 valence electrons. The summed E-state index contributed by atoms with van der Waals surface area (Å²) in [5.41, 5.74) is 0. The Labute approximate surface area is 52.4 Å². The summed E-state index contributed by atoms with van der Waals surface area (Å²) in [7, 11) is 0. The van der Waals surface area contributed by atoms with Crippen molar-refractivity contribution < 1.29 is 13.2 Å². The Hall–Kier alpha value is -0.470.